The number of nitriles is 2. The molecule has 0 amide bonds. The lowest BCUT2D eigenvalue weighted by molar-refractivity contribution is 0.916. The lowest BCUT2D eigenvalue weighted by atomic mass is 10.2. The van der Waals surface area contributed by atoms with Gasteiger partial charge in [0.2, 0.25) is 0 Å². The monoisotopic (exact) mass is 173 g/mol. The van der Waals surface area contributed by atoms with Gasteiger partial charge in [0.25, 0.3) is 0 Å². The Morgan fingerprint density at radius 2 is 1.46 bits per heavy atom. The second-order valence-electron chi connectivity index (χ2n) is 2.83. The maximum Gasteiger partial charge on any atom is 0.0625 e. The second kappa shape index (κ2) is 5.00. The van der Waals surface area contributed by atoms with E-state index in [1.165, 1.54) is 0 Å². The Labute approximate surface area is 77.6 Å². The SMILES string of the molecule is N#CCCc1ccc(CCC#N)[nH]1. The van der Waals surface area contributed by atoms with E-state index in [9.17, 15) is 0 Å². The molecule has 0 bridgehead atoms. The van der Waals surface area contributed by atoms with Gasteiger partial charge in [0.1, 0.15) is 0 Å². The third-order valence-electron chi connectivity index (χ3n) is 1.82. The molecular weight excluding hydrogens is 162 g/mol. The number of nitrogens with zero attached hydrogens (tertiary/aromatic N) is 2. The summed E-state index contributed by atoms with van der Waals surface area (Å²) in [6, 6.07) is 8.15. The summed E-state index contributed by atoms with van der Waals surface area (Å²) in [6.07, 6.45) is 2.61. The predicted octanol–water partition coefficient (Wildman–Crippen LogP) is 1.93. The average molecular weight is 173 g/mol. The van der Waals surface area contributed by atoms with Crippen LogP contribution in [-0.4, -0.2) is 4.98 Å². The highest BCUT2D eigenvalue weighted by atomic mass is 14.7. The number of hydrogen-bond donors (Lipinski definition) is 1. The van der Waals surface area contributed by atoms with Crippen molar-refractivity contribution in [1.82, 2.24) is 4.98 Å². The van der Waals surface area contributed by atoms with Crippen LogP contribution in [0.15, 0.2) is 12.1 Å². The van der Waals surface area contributed by atoms with E-state index in [2.05, 4.69) is 17.1 Å². The number of aromatic nitrogens is 1. The van der Waals surface area contributed by atoms with Gasteiger partial charge < -0.3 is 4.98 Å². The van der Waals surface area contributed by atoms with Crippen molar-refractivity contribution in [3.05, 3.63) is 23.5 Å². The third kappa shape index (κ3) is 3.01. The zero-order valence-electron chi connectivity index (χ0n) is 7.38. The van der Waals surface area contributed by atoms with E-state index in [0.717, 1.165) is 24.2 Å². The van der Waals surface area contributed by atoms with Crippen LogP contribution in [0.25, 0.3) is 0 Å². The first-order chi connectivity index (χ1) is 6.36. The zero-order valence-corrected chi connectivity index (χ0v) is 7.38. The van der Waals surface area contributed by atoms with E-state index >= 15 is 0 Å². The molecule has 0 fully saturated rings. The first-order valence-corrected chi connectivity index (χ1v) is 4.27. The molecule has 0 aliphatic heterocycles. The lowest BCUT2D eigenvalue weighted by Gasteiger charge is -1.92. The molecule has 66 valence electrons. The Kier molecular flexibility index (Phi) is 3.60. The highest BCUT2D eigenvalue weighted by Gasteiger charge is 1.97. The molecule has 0 aromatic carbocycles. The molecule has 1 N–H and O–H groups in total. The molecule has 0 aliphatic rings. The van der Waals surface area contributed by atoms with Crippen molar-refractivity contribution in [1.29, 1.82) is 10.5 Å². The van der Waals surface area contributed by atoms with Crippen molar-refractivity contribution in [2.24, 2.45) is 0 Å². The summed E-state index contributed by atoms with van der Waals surface area (Å²) in [7, 11) is 0. The first-order valence-electron chi connectivity index (χ1n) is 4.27. The quantitative estimate of drug-likeness (QED) is 0.756. The van der Waals surface area contributed by atoms with Gasteiger partial charge in [0.15, 0.2) is 0 Å². The van der Waals surface area contributed by atoms with Crippen molar-refractivity contribution in [3.8, 4) is 12.1 Å². The number of hydrogen-bond acceptors (Lipinski definition) is 2. The van der Waals surface area contributed by atoms with Crippen LogP contribution in [0.5, 0.6) is 0 Å². The summed E-state index contributed by atoms with van der Waals surface area (Å²) in [5.74, 6) is 0. The van der Waals surface area contributed by atoms with Crippen LogP contribution < -0.4 is 0 Å². The molecule has 0 unspecified atom stereocenters. The minimum atomic E-state index is 0.540. The van der Waals surface area contributed by atoms with E-state index in [1.807, 2.05) is 12.1 Å². The maximum atomic E-state index is 8.37. The van der Waals surface area contributed by atoms with Crippen LogP contribution in [0.4, 0.5) is 0 Å². The van der Waals surface area contributed by atoms with Gasteiger partial charge in [-0.1, -0.05) is 0 Å². The van der Waals surface area contributed by atoms with Gasteiger partial charge in [-0.15, -0.1) is 0 Å². The normalized spacial score (nSPS) is 9.08. The molecule has 1 rings (SSSR count). The largest absolute Gasteiger partial charge is 0.362 e. The number of rotatable bonds is 4. The fourth-order valence-corrected chi connectivity index (χ4v) is 1.16. The van der Waals surface area contributed by atoms with Gasteiger partial charge in [0.05, 0.1) is 12.1 Å². The van der Waals surface area contributed by atoms with E-state index in [1.54, 1.807) is 0 Å². The number of nitrogens with one attached hydrogen (secondary N) is 1. The van der Waals surface area contributed by atoms with Crippen LogP contribution in [0.2, 0.25) is 0 Å². The molecule has 0 saturated carbocycles. The van der Waals surface area contributed by atoms with Crippen LogP contribution >= 0.6 is 0 Å². The molecular formula is C10H11N3. The molecule has 0 atom stereocenters. The highest BCUT2D eigenvalue weighted by molar-refractivity contribution is 5.14. The summed E-state index contributed by atoms with van der Waals surface area (Å²) < 4.78 is 0. The molecule has 3 heteroatoms. The Bertz CT molecular complexity index is 305. The van der Waals surface area contributed by atoms with Crippen LogP contribution in [0, 0.1) is 22.7 Å². The van der Waals surface area contributed by atoms with Gasteiger partial charge >= 0.3 is 0 Å². The standard InChI is InChI=1S/C10H11N3/c11-7-1-3-9-5-6-10(13-9)4-2-8-12/h5-6,13H,1-4H2. The molecule has 3 nitrogen and oxygen atoms in total. The minimum absolute atomic E-state index is 0.540. The van der Waals surface area contributed by atoms with E-state index in [4.69, 9.17) is 10.5 Å². The van der Waals surface area contributed by atoms with Crippen molar-refractivity contribution in [3.63, 3.8) is 0 Å². The third-order valence-corrected chi connectivity index (χ3v) is 1.82. The van der Waals surface area contributed by atoms with Crippen molar-refractivity contribution in [2.75, 3.05) is 0 Å². The molecule has 1 heterocycles. The van der Waals surface area contributed by atoms with E-state index in [0.29, 0.717) is 12.8 Å². The van der Waals surface area contributed by atoms with Crippen molar-refractivity contribution in [2.45, 2.75) is 25.7 Å². The molecule has 0 radical (unpaired) electrons. The van der Waals surface area contributed by atoms with Gasteiger partial charge in [-0.3, -0.25) is 0 Å². The molecule has 0 aliphatic carbocycles. The van der Waals surface area contributed by atoms with Crippen molar-refractivity contribution >= 4 is 0 Å². The number of H-pyrrole nitrogens is 1. The van der Waals surface area contributed by atoms with Gasteiger partial charge in [0, 0.05) is 37.1 Å². The van der Waals surface area contributed by atoms with Crippen LogP contribution in [0.3, 0.4) is 0 Å². The summed E-state index contributed by atoms with van der Waals surface area (Å²) in [5, 5.41) is 16.7. The Balaban J connectivity index is 2.45. The highest BCUT2D eigenvalue weighted by Crippen LogP contribution is 2.06. The minimum Gasteiger partial charge on any atom is -0.362 e. The lowest BCUT2D eigenvalue weighted by Crippen LogP contribution is -1.86. The first kappa shape index (κ1) is 9.35. The molecule has 0 saturated heterocycles. The van der Waals surface area contributed by atoms with Gasteiger partial charge in [-0.2, -0.15) is 10.5 Å². The maximum absolute atomic E-state index is 8.37. The van der Waals surface area contributed by atoms with E-state index < -0.39 is 0 Å². The summed E-state index contributed by atoms with van der Waals surface area (Å²) in [5.41, 5.74) is 2.16. The van der Waals surface area contributed by atoms with Gasteiger partial charge in [-0.05, 0) is 12.1 Å². The van der Waals surface area contributed by atoms with E-state index in [-0.39, 0.29) is 0 Å². The Morgan fingerprint density at radius 3 is 1.85 bits per heavy atom. The van der Waals surface area contributed by atoms with Crippen LogP contribution in [0.1, 0.15) is 24.2 Å². The predicted molar refractivity (Wildman–Crippen MR) is 48.7 cm³/mol. The molecule has 13 heavy (non-hydrogen) atoms. The smallest absolute Gasteiger partial charge is 0.0625 e. The number of aromatic amines is 1. The summed E-state index contributed by atoms with van der Waals surface area (Å²) in [6.45, 7) is 0. The fraction of sp³-hybridized carbons (Fsp3) is 0.400. The van der Waals surface area contributed by atoms with Crippen molar-refractivity contribution < 1.29 is 0 Å². The molecule has 1 aromatic rings. The Morgan fingerprint density at radius 1 is 1.00 bits per heavy atom. The van der Waals surface area contributed by atoms with Crippen LogP contribution in [-0.2, 0) is 12.8 Å². The fourth-order valence-electron chi connectivity index (χ4n) is 1.16. The zero-order chi connectivity index (χ0) is 9.52. The topological polar surface area (TPSA) is 63.4 Å². The summed E-state index contributed by atoms with van der Waals surface area (Å²) >= 11 is 0. The van der Waals surface area contributed by atoms with Gasteiger partial charge in [-0.25, -0.2) is 0 Å². The average Bonchev–Trinajstić information content (AvgIpc) is 2.59. The second-order valence-corrected chi connectivity index (χ2v) is 2.83. The Hall–Kier alpha value is -1.74. The molecule has 0 spiro atoms. The molecule has 1 aromatic heterocycles. The number of aryl methyl sites for hydroxylation is 2. The summed E-state index contributed by atoms with van der Waals surface area (Å²) in [4.78, 5) is 3.18.